The molecule has 1 fully saturated rings. The van der Waals surface area contributed by atoms with E-state index in [2.05, 4.69) is 4.72 Å². The molecule has 1 unspecified atom stereocenters. The summed E-state index contributed by atoms with van der Waals surface area (Å²) in [6, 6.07) is 11.2. The van der Waals surface area contributed by atoms with Gasteiger partial charge >= 0.3 is 0 Å². The van der Waals surface area contributed by atoms with Crippen LogP contribution in [0.25, 0.3) is 0 Å². The van der Waals surface area contributed by atoms with Crippen molar-refractivity contribution in [3.63, 3.8) is 0 Å². The van der Waals surface area contributed by atoms with Crippen molar-refractivity contribution >= 4 is 15.9 Å². The minimum Gasteiger partial charge on any atom is -0.496 e. The third-order valence-electron chi connectivity index (χ3n) is 5.38. The normalized spacial score (nSPS) is 15.4. The Balaban J connectivity index is 1.82. The first-order valence-electron chi connectivity index (χ1n) is 10.6. The van der Waals surface area contributed by atoms with Crippen molar-refractivity contribution in [3.05, 3.63) is 53.6 Å². The van der Waals surface area contributed by atoms with Crippen molar-refractivity contribution in [2.45, 2.75) is 44.0 Å². The number of carbonyl (C=O) groups excluding carboxylic acids is 1. The number of benzene rings is 2. The summed E-state index contributed by atoms with van der Waals surface area (Å²) in [5.41, 5.74) is 1.08. The van der Waals surface area contributed by atoms with Crippen LogP contribution in [-0.4, -0.2) is 46.0 Å². The zero-order chi connectivity index (χ0) is 22.4. The molecular formula is C23H30N2O5S. The zero-order valence-electron chi connectivity index (χ0n) is 18.3. The number of nitrogens with zero attached hydrogens (tertiary/aromatic N) is 1. The molecule has 0 spiro atoms. The number of nitrogens with one attached hydrogen (secondary N) is 1. The van der Waals surface area contributed by atoms with Crippen molar-refractivity contribution in [2.75, 3.05) is 26.8 Å². The van der Waals surface area contributed by atoms with Crippen LogP contribution in [-0.2, 0) is 10.0 Å². The molecule has 0 saturated carbocycles. The minimum atomic E-state index is -3.85. The molecule has 7 nitrogen and oxygen atoms in total. The van der Waals surface area contributed by atoms with Crippen LogP contribution in [0, 0.1) is 0 Å². The van der Waals surface area contributed by atoms with Gasteiger partial charge in [-0.25, -0.2) is 13.1 Å². The van der Waals surface area contributed by atoms with Gasteiger partial charge in [0.2, 0.25) is 10.0 Å². The molecule has 1 amide bonds. The number of rotatable bonds is 8. The summed E-state index contributed by atoms with van der Waals surface area (Å²) in [7, 11) is -2.37. The average Bonchev–Trinajstić information content (AvgIpc) is 2.79. The number of piperidine rings is 1. The molecule has 1 atom stereocenters. The summed E-state index contributed by atoms with van der Waals surface area (Å²) in [5.74, 6) is 0.902. The summed E-state index contributed by atoms with van der Waals surface area (Å²) in [4.78, 5) is 14.8. The molecule has 1 aliphatic rings. The van der Waals surface area contributed by atoms with Crippen LogP contribution < -0.4 is 14.2 Å². The number of carbonyl (C=O) groups is 1. The number of hydrogen-bond donors (Lipinski definition) is 1. The Morgan fingerprint density at radius 1 is 1.10 bits per heavy atom. The van der Waals surface area contributed by atoms with Crippen LogP contribution in [0.2, 0.25) is 0 Å². The highest BCUT2D eigenvalue weighted by atomic mass is 32.2. The second kappa shape index (κ2) is 10.2. The Kier molecular flexibility index (Phi) is 7.56. The van der Waals surface area contributed by atoms with Gasteiger partial charge < -0.3 is 14.4 Å². The fourth-order valence-corrected chi connectivity index (χ4v) is 4.93. The topological polar surface area (TPSA) is 84.9 Å². The molecule has 2 aromatic rings. The average molecular weight is 447 g/mol. The molecule has 1 aliphatic heterocycles. The summed E-state index contributed by atoms with van der Waals surface area (Å²) < 4.78 is 39.5. The van der Waals surface area contributed by atoms with Crippen LogP contribution in [0.4, 0.5) is 0 Å². The summed E-state index contributed by atoms with van der Waals surface area (Å²) >= 11 is 0. The van der Waals surface area contributed by atoms with Crippen LogP contribution in [0.15, 0.2) is 47.4 Å². The standard InChI is InChI=1S/C23H30N2O5S/c1-4-30-19-10-8-18(9-11-19)17(2)24-31(27,28)20-12-13-22(29-3)21(16-20)23(26)25-14-6-5-7-15-25/h8-13,16-17,24H,4-7,14-15H2,1-3H3. The minimum absolute atomic E-state index is 0.0337. The van der Waals surface area contributed by atoms with E-state index in [0.29, 0.717) is 25.4 Å². The lowest BCUT2D eigenvalue weighted by atomic mass is 10.1. The summed E-state index contributed by atoms with van der Waals surface area (Å²) in [5, 5.41) is 0. The fraction of sp³-hybridized carbons (Fsp3) is 0.435. The zero-order valence-corrected chi connectivity index (χ0v) is 19.1. The maximum absolute atomic E-state index is 13.0. The lowest BCUT2D eigenvalue weighted by Crippen LogP contribution is -2.36. The van der Waals surface area contributed by atoms with Crippen LogP contribution in [0.5, 0.6) is 11.5 Å². The van der Waals surface area contributed by atoms with Gasteiger partial charge in [0.1, 0.15) is 11.5 Å². The molecule has 1 heterocycles. The molecule has 8 heteroatoms. The molecule has 31 heavy (non-hydrogen) atoms. The Bertz CT molecular complexity index is 999. The number of hydrogen-bond acceptors (Lipinski definition) is 5. The highest BCUT2D eigenvalue weighted by Gasteiger charge is 2.25. The Labute approximate surface area is 184 Å². The number of amides is 1. The van der Waals surface area contributed by atoms with E-state index in [4.69, 9.17) is 9.47 Å². The second-order valence-corrected chi connectivity index (χ2v) is 9.27. The van der Waals surface area contributed by atoms with Crippen molar-refractivity contribution < 1.29 is 22.7 Å². The maximum atomic E-state index is 13.0. The molecular weight excluding hydrogens is 416 g/mol. The number of ether oxygens (including phenoxy) is 2. The first-order chi connectivity index (χ1) is 14.9. The molecule has 2 aromatic carbocycles. The predicted octanol–water partition coefficient (Wildman–Crippen LogP) is 3.76. The van der Waals surface area contributed by atoms with E-state index < -0.39 is 16.1 Å². The smallest absolute Gasteiger partial charge is 0.257 e. The fourth-order valence-electron chi connectivity index (χ4n) is 3.68. The van der Waals surface area contributed by atoms with Gasteiger partial charge in [-0.2, -0.15) is 0 Å². The third kappa shape index (κ3) is 5.57. The molecule has 3 rings (SSSR count). The molecule has 0 radical (unpaired) electrons. The number of sulfonamides is 1. The molecule has 168 valence electrons. The van der Waals surface area contributed by atoms with E-state index in [9.17, 15) is 13.2 Å². The summed E-state index contributed by atoms with van der Waals surface area (Å²) in [6.45, 7) is 5.59. The quantitative estimate of drug-likeness (QED) is 0.667. The lowest BCUT2D eigenvalue weighted by Gasteiger charge is -2.27. The van der Waals surface area contributed by atoms with Crippen molar-refractivity contribution in [3.8, 4) is 11.5 Å². The van der Waals surface area contributed by atoms with Crippen molar-refractivity contribution in [1.29, 1.82) is 0 Å². The lowest BCUT2D eigenvalue weighted by molar-refractivity contribution is 0.0720. The highest BCUT2D eigenvalue weighted by molar-refractivity contribution is 7.89. The van der Waals surface area contributed by atoms with Crippen molar-refractivity contribution in [2.24, 2.45) is 0 Å². The molecule has 0 aliphatic carbocycles. The van der Waals surface area contributed by atoms with Gasteiger partial charge in [-0.05, 0) is 69.0 Å². The molecule has 1 saturated heterocycles. The highest BCUT2D eigenvalue weighted by Crippen LogP contribution is 2.26. The van der Waals surface area contributed by atoms with Gasteiger partial charge in [0.15, 0.2) is 0 Å². The van der Waals surface area contributed by atoms with Gasteiger partial charge in [0.25, 0.3) is 5.91 Å². The first-order valence-corrected chi connectivity index (χ1v) is 12.1. The van der Waals surface area contributed by atoms with E-state index in [1.165, 1.54) is 25.3 Å². The van der Waals surface area contributed by atoms with Gasteiger partial charge in [-0.3, -0.25) is 4.79 Å². The molecule has 1 N–H and O–H groups in total. The van der Waals surface area contributed by atoms with E-state index in [1.807, 2.05) is 31.2 Å². The number of methoxy groups -OCH3 is 1. The van der Waals surface area contributed by atoms with E-state index in [-0.39, 0.29) is 16.4 Å². The maximum Gasteiger partial charge on any atom is 0.257 e. The van der Waals surface area contributed by atoms with Crippen LogP contribution in [0.1, 0.15) is 55.1 Å². The van der Waals surface area contributed by atoms with E-state index in [1.54, 1.807) is 11.8 Å². The Morgan fingerprint density at radius 3 is 2.39 bits per heavy atom. The number of likely N-dealkylation sites (tertiary alicyclic amines) is 1. The largest absolute Gasteiger partial charge is 0.496 e. The predicted molar refractivity (Wildman–Crippen MR) is 119 cm³/mol. The SMILES string of the molecule is CCOc1ccc(C(C)NS(=O)(=O)c2ccc(OC)c(C(=O)N3CCCCC3)c2)cc1. The van der Waals surface area contributed by atoms with Crippen molar-refractivity contribution in [1.82, 2.24) is 9.62 Å². The molecule has 0 aromatic heterocycles. The van der Waals surface area contributed by atoms with Crippen LogP contribution >= 0.6 is 0 Å². The Morgan fingerprint density at radius 2 is 1.77 bits per heavy atom. The van der Waals surface area contributed by atoms with Crippen LogP contribution in [0.3, 0.4) is 0 Å². The first kappa shape index (κ1) is 23.1. The van der Waals surface area contributed by atoms with Gasteiger partial charge in [0, 0.05) is 19.1 Å². The monoisotopic (exact) mass is 446 g/mol. The second-order valence-electron chi connectivity index (χ2n) is 7.56. The summed E-state index contributed by atoms with van der Waals surface area (Å²) in [6.07, 6.45) is 3.00. The van der Waals surface area contributed by atoms with Gasteiger partial charge in [0.05, 0.1) is 24.2 Å². The van der Waals surface area contributed by atoms with E-state index >= 15 is 0 Å². The third-order valence-corrected chi connectivity index (χ3v) is 6.92. The van der Waals surface area contributed by atoms with Gasteiger partial charge in [-0.15, -0.1) is 0 Å². The van der Waals surface area contributed by atoms with Gasteiger partial charge in [-0.1, -0.05) is 12.1 Å². The molecule has 0 bridgehead atoms. The Hall–Kier alpha value is -2.58. The van der Waals surface area contributed by atoms with E-state index in [0.717, 1.165) is 30.6 Å².